The zero-order chi connectivity index (χ0) is 15.9. The molecule has 0 amide bonds. The van der Waals surface area contributed by atoms with Crippen LogP contribution in [0, 0.1) is 6.92 Å². The lowest BCUT2D eigenvalue weighted by Crippen LogP contribution is -2.26. The number of nitrogens with one attached hydrogen (secondary N) is 1. The van der Waals surface area contributed by atoms with Crippen molar-refractivity contribution in [2.45, 2.75) is 13.5 Å². The molecule has 0 fully saturated rings. The average Bonchev–Trinajstić information content (AvgIpc) is 2.53. The van der Waals surface area contributed by atoms with E-state index in [0.717, 1.165) is 11.4 Å². The van der Waals surface area contributed by atoms with Gasteiger partial charge in [-0.15, -0.1) is 0 Å². The molecule has 0 saturated carbocycles. The summed E-state index contributed by atoms with van der Waals surface area (Å²) >= 11 is 0. The van der Waals surface area contributed by atoms with Gasteiger partial charge in [-0.25, -0.2) is 4.68 Å². The van der Waals surface area contributed by atoms with Crippen molar-refractivity contribution < 1.29 is 9.47 Å². The Kier molecular flexibility index (Phi) is 5.68. The molecule has 0 atom stereocenters. The minimum atomic E-state index is -0.0754. The first-order chi connectivity index (χ1) is 10.7. The molecule has 0 aliphatic heterocycles. The molecule has 0 saturated heterocycles. The van der Waals surface area contributed by atoms with Crippen LogP contribution in [0.5, 0.6) is 5.75 Å². The smallest absolute Gasteiger partial charge is 0.204 e. The third-order valence-electron chi connectivity index (χ3n) is 3.27. The summed E-state index contributed by atoms with van der Waals surface area (Å²) in [5.41, 5.74) is 1.96. The van der Waals surface area contributed by atoms with E-state index in [1.54, 1.807) is 25.0 Å². The molecule has 0 aliphatic carbocycles. The highest BCUT2D eigenvalue weighted by molar-refractivity contribution is 5.46. The van der Waals surface area contributed by atoms with E-state index in [-0.39, 0.29) is 5.43 Å². The number of ether oxygens (including phenoxy) is 2. The summed E-state index contributed by atoms with van der Waals surface area (Å²) in [6, 6.07) is 9.17. The van der Waals surface area contributed by atoms with Crippen LogP contribution in [0.25, 0.3) is 5.69 Å². The van der Waals surface area contributed by atoms with E-state index in [4.69, 9.17) is 9.47 Å². The summed E-state index contributed by atoms with van der Waals surface area (Å²) in [5.74, 6) is 0.708. The van der Waals surface area contributed by atoms with Gasteiger partial charge in [0, 0.05) is 32.0 Å². The van der Waals surface area contributed by atoms with E-state index in [2.05, 4.69) is 10.4 Å². The number of benzene rings is 1. The Balaban J connectivity index is 2.34. The first-order valence-electron chi connectivity index (χ1n) is 7.10. The van der Waals surface area contributed by atoms with E-state index in [1.807, 2.05) is 31.2 Å². The van der Waals surface area contributed by atoms with Crippen LogP contribution < -0.4 is 15.5 Å². The van der Waals surface area contributed by atoms with Crippen LogP contribution >= 0.6 is 0 Å². The standard InChI is InChI=1S/C16H21N3O3/c1-12-10-15(20)13(11-17-8-9-21-2)18-19(12)14-6-4-5-7-16(14)22-3/h4-7,10,17H,8-9,11H2,1-3H3. The Morgan fingerprint density at radius 2 is 2.05 bits per heavy atom. The van der Waals surface area contributed by atoms with Gasteiger partial charge in [-0.05, 0) is 19.1 Å². The fraction of sp³-hybridized carbons (Fsp3) is 0.375. The fourth-order valence-electron chi connectivity index (χ4n) is 2.14. The minimum absolute atomic E-state index is 0.0754. The minimum Gasteiger partial charge on any atom is -0.494 e. The zero-order valence-corrected chi connectivity index (χ0v) is 13.1. The monoisotopic (exact) mass is 303 g/mol. The van der Waals surface area contributed by atoms with Crippen molar-refractivity contribution in [3.8, 4) is 11.4 Å². The summed E-state index contributed by atoms with van der Waals surface area (Å²) in [5, 5.41) is 7.61. The lowest BCUT2D eigenvalue weighted by Gasteiger charge is -2.14. The molecule has 2 aromatic rings. The number of hydrogen-bond donors (Lipinski definition) is 1. The second-order valence-corrected chi connectivity index (χ2v) is 4.85. The van der Waals surface area contributed by atoms with Gasteiger partial charge in [0.2, 0.25) is 5.43 Å². The molecule has 6 heteroatoms. The van der Waals surface area contributed by atoms with Crippen molar-refractivity contribution in [3.05, 3.63) is 51.9 Å². The molecule has 118 valence electrons. The normalized spacial score (nSPS) is 10.7. The second kappa shape index (κ2) is 7.72. The predicted octanol–water partition coefficient (Wildman–Crippen LogP) is 1.29. The topological polar surface area (TPSA) is 65.4 Å². The Labute approximate surface area is 129 Å². The molecule has 2 rings (SSSR count). The number of hydrogen-bond acceptors (Lipinski definition) is 5. The maximum Gasteiger partial charge on any atom is 0.204 e. The first-order valence-corrected chi connectivity index (χ1v) is 7.10. The summed E-state index contributed by atoms with van der Waals surface area (Å²) in [6.07, 6.45) is 0. The van der Waals surface area contributed by atoms with Gasteiger partial charge in [0.15, 0.2) is 0 Å². The maximum atomic E-state index is 12.1. The van der Waals surface area contributed by atoms with Crippen LogP contribution in [-0.4, -0.2) is 37.2 Å². The number of rotatable bonds is 7. The van der Waals surface area contributed by atoms with Crippen molar-refractivity contribution in [2.24, 2.45) is 0 Å². The lowest BCUT2D eigenvalue weighted by molar-refractivity contribution is 0.199. The molecule has 1 aromatic heterocycles. The number of nitrogens with zero attached hydrogens (tertiary/aromatic N) is 2. The second-order valence-electron chi connectivity index (χ2n) is 4.85. The van der Waals surface area contributed by atoms with Crippen LogP contribution in [0.2, 0.25) is 0 Å². The molecule has 0 unspecified atom stereocenters. The van der Waals surface area contributed by atoms with Gasteiger partial charge in [0.25, 0.3) is 0 Å². The van der Waals surface area contributed by atoms with Crippen molar-refractivity contribution in [1.82, 2.24) is 15.1 Å². The van der Waals surface area contributed by atoms with Crippen LogP contribution in [-0.2, 0) is 11.3 Å². The fourth-order valence-corrected chi connectivity index (χ4v) is 2.14. The first kappa shape index (κ1) is 16.2. The quantitative estimate of drug-likeness (QED) is 0.781. The van der Waals surface area contributed by atoms with Crippen molar-refractivity contribution in [1.29, 1.82) is 0 Å². The van der Waals surface area contributed by atoms with Crippen molar-refractivity contribution in [3.63, 3.8) is 0 Å². The van der Waals surface area contributed by atoms with E-state index in [1.165, 1.54) is 0 Å². The highest BCUT2D eigenvalue weighted by Crippen LogP contribution is 2.21. The molecule has 0 aliphatic rings. The van der Waals surface area contributed by atoms with Crippen LogP contribution in [0.15, 0.2) is 35.1 Å². The molecule has 0 radical (unpaired) electrons. The Morgan fingerprint density at radius 3 is 2.77 bits per heavy atom. The Hall–Kier alpha value is -2.18. The van der Waals surface area contributed by atoms with Gasteiger partial charge >= 0.3 is 0 Å². The van der Waals surface area contributed by atoms with Crippen LogP contribution in [0.1, 0.15) is 11.4 Å². The van der Waals surface area contributed by atoms with Gasteiger partial charge in [-0.3, -0.25) is 4.79 Å². The van der Waals surface area contributed by atoms with Gasteiger partial charge < -0.3 is 14.8 Å². The number of para-hydroxylation sites is 2. The molecule has 1 heterocycles. The third kappa shape index (κ3) is 3.72. The molecule has 0 spiro atoms. The summed E-state index contributed by atoms with van der Waals surface area (Å²) in [4.78, 5) is 12.1. The van der Waals surface area contributed by atoms with E-state index < -0.39 is 0 Å². The molecule has 22 heavy (non-hydrogen) atoms. The predicted molar refractivity (Wildman–Crippen MR) is 84.7 cm³/mol. The Bertz CT molecular complexity index is 683. The number of aromatic nitrogens is 2. The van der Waals surface area contributed by atoms with Crippen LogP contribution in [0.3, 0.4) is 0 Å². The van der Waals surface area contributed by atoms with E-state index >= 15 is 0 Å². The Morgan fingerprint density at radius 1 is 1.27 bits per heavy atom. The molecule has 1 aromatic carbocycles. The van der Waals surface area contributed by atoms with Gasteiger partial charge in [0.1, 0.15) is 17.1 Å². The highest BCUT2D eigenvalue weighted by Gasteiger charge is 2.10. The zero-order valence-electron chi connectivity index (χ0n) is 13.1. The summed E-state index contributed by atoms with van der Waals surface area (Å²) in [6.45, 7) is 3.51. The molecular formula is C16H21N3O3. The summed E-state index contributed by atoms with van der Waals surface area (Å²) in [7, 11) is 3.25. The maximum absolute atomic E-state index is 12.1. The molecule has 1 N–H and O–H groups in total. The molecular weight excluding hydrogens is 282 g/mol. The lowest BCUT2D eigenvalue weighted by atomic mass is 10.2. The van der Waals surface area contributed by atoms with Crippen molar-refractivity contribution in [2.75, 3.05) is 27.4 Å². The summed E-state index contributed by atoms with van der Waals surface area (Å²) < 4.78 is 12.1. The largest absolute Gasteiger partial charge is 0.494 e. The van der Waals surface area contributed by atoms with Gasteiger partial charge in [-0.2, -0.15) is 5.10 Å². The third-order valence-corrected chi connectivity index (χ3v) is 3.27. The van der Waals surface area contributed by atoms with Crippen molar-refractivity contribution >= 4 is 0 Å². The average molecular weight is 303 g/mol. The van der Waals surface area contributed by atoms with E-state index in [0.29, 0.717) is 31.1 Å². The van der Waals surface area contributed by atoms with E-state index in [9.17, 15) is 4.79 Å². The molecule has 6 nitrogen and oxygen atoms in total. The number of aryl methyl sites for hydroxylation is 1. The SMILES string of the molecule is COCCNCc1nn(-c2ccccc2OC)c(C)cc1=O. The molecule has 0 bridgehead atoms. The van der Waals surface area contributed by atoms with Crippen LogP contribution in [0.4, 0.5) is 0 Å². The van der Waals surface area contributed by atoms with Gasteiger partial charge in [-0.1, -0.05) is 12.1 Å². The highest BCUT2D eigenvalue weighted by atomic mass is 16.5. The number of methoxy groups -OCH3 is 2. The van der Waals surface area contributed by atoms with Gasteiger partial charge in [0.05, 0.1) is 13.7 Å².